The van der Waals surface area contributed by atoms with Crippen molar-refractivity contribution in [2.24, 2.45) is 0 Å². The van der Waals surface area contributed by atoms with E-state index in [0.29, 0.717) is 13.1 Å². The molecule has 0 rings (SSSR count). The van der Waals surface area contributed by atoms with Crippen LogP contribution in [-0.4, -0.2) is 87.4 Å². The van der Waals surface area contributed by atoms with Gasteiger partial charge < -0.3 is 25.3 Å². The predicted octanol–water partition coefficient (Wildman–Crippen LogP) is 1.26. The number of allylic oxidation sites excluding steroid dienone is 1. The van der Waals surface area contributed by atoms with Crippen molar-refractivity contribution in [1.29, 1.82) is 0 Å². The lowest BCUT2D eigenvalue weighted by Gasteiger charge is -2.26. The minimum absolute atomic E-state index is 0.0781. The van der Waals surface area contributed by atoms with Crippen molar-refractivity contribution in [2.75, 3.05) is 39.3 Å². The van der Waals surface area contributed by atoms with Gasteiger partial charge in [-0.2, -0.15) is 0 Å². The SMILES string of the molecule is CCC/C=C(\O)CN(CCC(=O)O)CCN(CCC(=O)O)CCC(=O)O. The maximum atomic E-state index is 10.8. The van der Waals surface area contributed by atoms with E-state index in [0.717, 1.165) is 12.8 Å². The molecule has 0 aliphatic carbocycles. The molecule has 0 unspecified atom stereocenters. The summed E-state index contributed by atoms with van der Waals surface area (Å²) < 4.78 is 0. The van der Waals surface area contributed by atoms with Crippen LogP contribution in [0.25, 0.3) is 0 Å². The van der Waals surface area contributed by atoms with E-state index in [2.05, 4.69) is 0 Å². The molecule has 0 spiro atoms. The Morgan fingerprint density at radius 2 is 1.15 bits per heavy atom. The highest BCUT2D eigenvalue weighted by Crippen LogP contribution is 2.03. The fourth-order valence-corrected chi connectivity index (χ4v) is 2.25. The summed E-state index contributed by atoms with van der Waals surface area (Å²) in [6.07, 6.45) is 3.03. The zero-order chi connectivity index (χ0) is 19.9. The third-order valence-electron chi connectivity index (χ3n) is 3.71. The highest BCUT2D eigenvalue weighted by molar-refractivity contribution is 5.67. The van der Waals surface area contributed by atoms with Gasteiger partial charge in [0.25, 0.3) is 0 Å². The zero-order valence-corrected chi connectivity index (χ0v) is 15.3. The van der Waals surface area contributed by atoms with Gasteiger partial charge in [0.1, 0.15) is 5.76 Å². The van der Waals surface area contributed by atoms with Gasteiger partial charge in [-0.3, -0.25) is 19.3 Å². The van der Waals surface area contributed by atoms with Crippen LogP contribution < -0.4 is 0 Å². The Morgan fingerprint density at radius 1 is 0.731 bits per heavy atom. The summed E-state index contributed by atoms with van der Waals surface area (Å²) >= 11 is 0. The van der Waals surface area contributed by atoms with Gasteiger partial charge in [-0.25, -0.2) is 0 Å². The molecule has 0 bridgehead atoms. The van der Waals surface area contributed by atoms with Crippen LogP contribution in [0.2, 0.25) is 0 Å². The number of carboxylic acid groups (broad SMARTS) is 3. The summed E-state index contributed by atoms with van der Waals surface area (Å²) in [5, 5.41) is 36.4. The average molecular weight is 374 g/mol. The maximum Gasteiger partial charge on any atom is 0.304 e. The molecule has 0 amide bonds. The van der Waals surface area contributed by atoms with Gasteiger partial charge >= 0.3 is 17.9 Å². The van der Waals surface area contributed by atoms with Gasteiger partial charge in [-0.15, -0.1) is 0 Å². The molecular formula is C17H30N2O7. The number of nitrogens with zero attached hydrogens (tertiary/aromatic N) is 2. The van der Waals surface area contributed by atoms with E-state index in [9.17, 15) is 19.5 Å². The molecule has 0 saturated heterocycles. The molecule has 26 heavy (non-hydrogen) atoms. The summed E-state index contributed by atoms with van der Waals surface area (Å²) in [5.41, 5.74) is 0. The summed E-state index contributed by atoms with van der Waals surface area (Å²) in [5.74, 6) is -2.71. The Kier molecular flexibility index (Phi) is 12.9. The summed E-state index contributed by atoms with van der Waals surface area (Å²) in [6, 6.07) is 0. The first-order valence-corrected chi connectivity index (χ1v) is 8.72. The number of unbranched alkanes of at least 4 members (excludes halogenated alkanes) is 1. The second kappa shape index (κ2) is 14.1. The summed E-state index contributed by atoms with van der Waals surface area (Å²) in [6.45, 7) is 3.65. The van der Waals surface area contributed by atoms with Crippen LogP contribution in [0.3, 0.4) is 0 Å². The van der Waals surface area contributed by atoms with Gasteiger partial charge in [0.15, 0.2) is 0 Å². The van der Waals surface area contributed by atoms with Gasteiger partial charge in [-0.1, -0.05) is 13.3 Å². The van der Waals surface area contributed by atoms with Crippen LogP contribution >= 0.6 is 0 Å². The molecule has 0 atom stereocenters. The Balaban J connectivity index is 4.73. The molecule has 0 heterocycles. The fourth-order valence-electron chi connectivity index (χ4n) is 2.25. The standard InChI is InChI=1S/C17H30N2O7/c1-2-3-4-14(20)13-19(10-7-17(25)26)12-11-18(8-5-15(21)22)9-6-16(23)24/h4,20H,2-3,5-13H2,1H3,(H,21,22)(H,23,24)(H,25,26)/b14-4-. The van der Waals surface area contributed by atoms with E-state index in [1.165, 1.54) is 0 Å². The number of carboxylic acids is 3. The molecular weight excluding hydrogens is 344 g/mol. The molecule has 0 aliphatic rings. The first kappa shape index (κ1) is 23.9. The molecule has 4 N–H and O–H groups in total. The number of rotatable bonds is 16. The minimum Gasteiger partial charge on any atom is -0.511 e. The molecule has 0 aliphatic heterocycles. The number of carbonyl (C=O) groups is 3. The Morgan fingerprint density at radius 3 is 1.58 bits per heavy atom. The zero-order valence-electron chi connectivity index (χ0n) is 15.3. The lowest BCUT2D eigenvalue weighted by atomic mass is 10.2. The molecule has 9 nitrogen and oxygen atoms in total. The molecule has 9 heteroatoms. The highest BCUT2D eigenvalue weighted by Gasteiger charge is 2.14. The Hall–Kier alpha value is -2.13. The molecule has 0 aromatic rings. The van der Waals surface area contributed by atoms with E-state index in [1.807, 2.05) is 6.92 Å². The Labute approximate surface area is 153 Å². The first-order chi connectivity index (χ1) is 12.2. The maximum absolute atomic E-state index is 10.8. The van der Waals surface area contributed by atoms with Crippen molar-refractivity contribution in [3.8, 4) is 0 Å². The fraction of sp³-hybridized carbons (Fsp3) is 0.706. The normalized spacial score (nSPS) is 11.9. The van der Waals surface area contributed by atoms with Crippen molar-refractivity contribution in [3.05, 3.63) is 11.8 Å². The topological polar surface area (TPSA) is 139 Å². The number of hydrogen-bond donors (Lipinski definition) is 4. The smallest absolute Gasteiger partial charge is 0.304 e. The molecule has 0 radical (unpaired) electrons. The quantitative estimate of drug-likeness (QED) is 0.294. The number of hydrogen-bond acceptors (Lipinski definition) is 6. The van der Waals surface area contributed by atoms with Crippen LogP contribution in [-0.2, 0) is 14.4 Å². The van der Waals surface area contributed by atoms with E-state index < -0.39 is 17.9 Å². The minimum atomic E-state index is -0.965. The van der Waals surface area contributed by atoms with Gasteiger partial charge in [0.05, 0.1) is 25.8 Å². The van der Waals surface area contributed by atoms with Crippen molar-refractivity contribution in [3.63, 3.8) is 0 Å². The second-order valence-corrected chi connectivity index (χ2v) is 6.03. The number of aliphatic hydroxyl groups is 1. The molecule has 150 valence electrons. The van der Waals surface area contributed by atoms with E-state index in [1.54, 1.807) is 15.9 Å². The number of aliphatic carboxylic acids is 3. The largest absolute Gasteiger partial charge is 0.511 e. The van der Waals surface area contributed by atoms with Crippen molar-refractivity contribution >= 4 is 17.9 Å². The summed E-state index contributed by atoms with van der Waals surface area (Å²) in [4.78, 5) is 35.8. The molecule has 0 saturated carbocycles. The van der Waals surface area contributed by atoms with Crippen LogP contribution in [0.15, 0.2) is 11.8 Å². The van der Waals surface area contributed by atoms with Gasteiger partial charge in [-0.05, 0) is 12.5 Å². The van der Waals surface area contributed by atoms with Gasteiger partial charge in [0, 0.05) is 32.7 Å². The monoisotopic (exact) mass is 374 g/mol. The van der Waals surface area contributed by atoms with Crippen LogP contribution in [0.4, 0.5) is 0 Å². The molecule has 0 fully saturated rings. The van der Waals surface area contributed by atoms with Crippen LogP contribution in [0, 0.1) is 0 Å². The second-order valence-electron chi connectivity index (χ2n) is 6.03. The molecule has 0 aromatic carbocycles. The van der Waals surface area contributed by atoms with Crippen LogP contribution in [0.1, 0.15) is 39.0 Å². The lowest BCUT2D eigenvalue weighted by Crippen LogP contribution is -2.39. The highest BCUT2D eigenvalue weighted by atomic mass is 16.4. The third kappa shape index (κ3) is 14.2. The predicted molar refractivity (Wildman–Crippen MR) is 95.3 cm³/mol. The van der Waals surface area contributed by atoms with Crippen molar-refractivity contribution in [2.45, 2.75) is 39.0 Å². The Bertz CT molecular complexity index is 462. The van der Waals surface area contributed by atoms with Crippen molar-refractivity contribution in [1.82, 2.24) is 9.80 Å². The van der Waals surface area contributed by atoms with Gasteiger partial charge in [0.2, 0.25) is 0 Å². The molecule has 0 aromatic heterocycles. The van der Waals surface area contributed by atoms with Crippen molar-refractivity contribution < 1.29 is 34.8 Å². The summed E-state index contributed by atoms with van der Waals surface area (Å²) in [7, 11) is 0. The first-order valence-electron chi connectivity index (χ1n) is 8.72. The van der Waals surface area contributed by atoms with E-state index in [-0.39, 0.29) is 51.2 Å². The lowest BCUT2D eigenvalue weighted by molar-refractivity contribution is -0.139. The average Bonchev–Trinajstić information content (AvgIpc) is 2.56. The van der Waals surface area contributed by atoms with E-state index in [4.69, 9.17) is 15.3 Å². The van der Waals surface area contributed by atoms with E-state index >= 15 is 0 Å². The third-order valence-corrected chi connectivity index (χ3v) is 3.71. The number of aliphatic hydroxyl groups excluding tert-OH is 1. The van der Waals surface area contributed by atoms with Crippen LogP contribution in [0.5, 0.6) is 0 Å².